The lowest BCUT2D eigenvalue weighted by molar-refractivity contribution is 0.102. The van der Waals surface area contributed by atoms with E-state index < -0.39 is 0 Å². The number of nitrogens with one attached hydrogen (secondary N) is 1. The Morgan fingerprint density at radius 2 is 2.19 bits per heavy atom. The van der Waals surface area contributed by atoms with Crippen LogP contribution in [-0.4, -0.2) is 41.7 Å². The molecule has 0 aliphatic carbocycles. The summed E-state index contributed by atoms with van der Waals surface area (Å²) in [7, 11) is 3.07. The molecule has 0 aliphatic rings. The van der Waals surface area contributed by atoms with Gasteiger partial charge in [-0.2, -0.15) is 0 Å². The number of carbonyl (C=O) groups excluding carboxylic acids is 1. The molecule has 0 aliphatic heterocycles. The van der Waals surface area contributed by atoms with E-state index in [1.165, 1.54) is 18.0 Å². The van der Waals surface area contributed by atoms with Crippen LogP contribution in [0.5, 0.6) is 11.5 Å². The average Bonchev–Trinajstić information content (AvgIpc) is 2.96. The minimum absolute atomic E-state index is 0.210. The van der Waals surface area contributed by atoms with Crippen LogP contribution in [0.3, 0.4) is 0 Å². The van der Waals surface area contributed by atoms with Crippen LogP contribution >= 0.6 is 0 Å². The van der Waals surface area contributed by atoms with E-state index in [0.717, 1.165) is 0 Å². The van der Waals surface area contributed by atoms with Gasteiger partial charge in [0.1, 0.15) is 11.5 Å². The zero-order valence-corrected chi connectivity index (χ0v) is 11.9. The Kier molecular flexibility index (Phi) is 4.72. The molecule has 0 spiro atoms. The highest BCUT2D eigenvalue weighted by molar-refractivity contribution is 6.03. The lowest BCUT2D eigenvalue weighted by atomic mass is 10.2. The number of carbonyl (C=O) groups is 1. The van der Waals surface area contributed by atoms with Gasteiger partial charge in [0, 0.05) is 12.6 Å². The number of nitrogens with two attached hydrogens (primary N) is 1. The lowest BCUT2D eigenvalue weighted by Crippen LogP contribution is -2.13. The molecule has 0 bridgehead atoms. The second-order valence-corrected chi connectivity index (χ2v) is 4.18. The fourth-order valence-corrected chi connectivity index (χ4v) is 1.73. The van der Waals surface area contributed by atoms with Gasteiger partial charge in [-0.3, -0.25) is 9.48 Å². The van der Waals surface area contributed by atoms with Crippen molar-refractivity contribution in [2.45, 2.75) is 6.54 Å². The van der Waals surface area contributed by atoms with Gasteiger partial charge in [-0.25, -0.2) is 0 Å². The molecule has 0 saturated carbocycles. The molecule has 112 valence electrons. The fraction of sp³-hybridized carbons (Fsp3) is 0.308. The molecule has 0 atom stereocenters. The van der Waals surface area contributed by atoms with E-state index in [2.05, 4.69) is 15.6 Å². The molecule has 1 aromatic carbocycles. The first-order chi connectivity index (χ1) is 10.2. The number of rotatable bonds is 6. The van der Waals surface area contributed by atoms with E-state index >= 15 is 0 Å². The zero-order chi connectivity index (χ0) is 15.2. The van der Waals surface area contributed by atoms with E-state index in [1.807, 2.05) is 0 Å². The Hall–Kier alpha value is -2.61. The molecule has 1 aromatic heterocycles. The summed E-state index contributed by atoms with van der Waals surface area (Å²) in [6, 6.07) is 5.10. The highest BCUT2D eigenvalue weighted by Crippen LogP contribution is 2.29. The fourth-order valence-electron chi connectivity index (χ4n) is 1.73. The Morgan fingerprint density at radius 3 is 2.86 bits per heavy atom. The molecule has 2 rings (SSSR count). The van der Waals surface area contributed by atoms with Gasteiger partial charge in [0.05, 0.1) is 32.6 Å². The third-order valence-corrected chi connectivity index (χ3v) is 2.79. The summed E-state index contributed by atoms with van der Waals surface area (Å²) < 4.78 is 11.8. The lowest BCUT2D eigenvalue weighted by Gasteiger charge is -2.10. The Balaban J connectivity index is 2.14. The summed E-state index contributed by atoms with van der Waals surface area (Å²) in [6.45, 7) is 0.933. The van der Waals surface area contributed by atoms with Crippen molar-refractivity contribution in [3.05, 3.63) is 30.1 Å². The Morgan fingerprint density at radius 1 is 1.38 bits per heavy atom. The van der Waals surface area contributed by atoms with Crippen molar-refractivity contribution < 1.29 is 14.3 Å². The van der Waals surface area contributed by atoms with Crippen LogP contribution in [0.4, 0.5) is 5.69 Å². The Labute approximate surface area is 121 Å². The van der Waals surface area contributed by atoms with E-state index in [9.17, 15) is 4.79 Å². The molecule has 1 heterocycles. The first kappa shape index (κ1) is 14.8. The second kappa shape index (κ2) is 6.71. The molecular weight excluding hydrogens is 274 g/mol. The summed E-state index contributed by atoms with van der Waals surface area (Å²) in [5.74, 6) is 0.762. The maximum Gasteiger partial charge on any atom is 0.277 e. The number of ether oxygens (including phenoxy) is 2. The molecule has 21 heavy (non-hydrogen) atoms. The van der Waals surface area contributed by atoms with Crippen molar-refractivity contribution in [2.24, 2.45) is 5.73 Å². The van der Waals surface area contributed by atoms with Crippen LogP contribution in [0, 0.1) is 0 Å². The molecule has 2 aromatic rings. The molecule has 3 N–H and O–H groups in total. The van der Waals surface area contributed by atoms with Gasteiger partial charge in [-0.15, -0.1) is 5.10 Å². The number of anilines is 1. The molecular formula is C13H17N5O3. The quantitative estimate of drug-likeness (QED) is 0.803. The standard InChI is InChI=1S/C13H17N5O3/c1-20-9-3-4-10(12(7-9)21-2)15-13(19)11-8-18(6-5-14)17-16-11/h3-4,7-8H,5-6,14H2,1-2H3,(H,15,19). The van der Waals surface area contributed by atoms with Crippen molar-refractivity contribution >= 4 is 11.6 Å². The van der Waals surface area contributed by atoms with Crippen LogP contribution in [0.15, 0.2) is 24.4 Å². The van der Waals surface area contributed by atoms with Gasteiger partial charge in [0.25, 0.3) is 5.91 Å². The summed E-state index contributed by atoms with van der Waals surface area (Å²) in [6.07, 6.45) is 1.54. The van der Waals surface area contributed by atoms with Gasteiger partial charge in [0.2, 0.25) is 0 Å². The number of amides is 1. The largest absolute Gasteiger partial charge is 0.497 e. The highest BCUT2D eigenvalue weighted by atomic mass is 16.5. The van der Waals surface area contributed by atoms with E-state index in [1.54, 1.807) is 25.3 Å². The minimum atomic E-state index is -0.373. The predicted molar refractivity (Wildman–Crippen MR) is 76.6 cm³/mol. The molecule has 0 fully saturated rings. The van der Waals surface area contributed by atoms with Gasteiger partial charge in [-0.05, 0) is 12.1 Å². The van der Waals surface area contributed by atoms with Crippen molar-refractivity contribution in [3.63, 3.8) is 0 Å². The zero-order valence-electron chi connectivity index (χ0n) is 11.9. The molecule has 1 amide bonds. The van der Waals surface area contributed by atoms with Crippen LogP contribution in [0.25, 0.3) is 0 Å². The third kappa shape index (κ3) is 3.48. The smallest absolute Gasteiger partial charge is 0.277 e. The molecule has 0 unspecified atom stereocenters. The minimum Gasteiger partial charge on any atom is -0.497 e. The van der Waals surface area contributed by atoms with Crippen molar-refractivity contribution in [1.82, 2.24) is 15.0 Å². The maximum absolute atomic E-state index is 12.1. The molecule has 0 saturated heterocycles. The van der Waals surface area contributed by atoms with Crippen molar-refractivity contribution in [1.29, 1.82) is 0 Å². The van der Waals surface area contributed by atoms with E-state index in [0.29, 0.717) is 30.3 Å². The normalized spacial score (nSPS) is 10.2. The predicted octanol–water partition coefficient (Wildman–Crippen LogP) is 0.506. The number of methoxy groups -OCH3 is 2. The monoisotopic (exact) mass is 291 g/mol. The first-order valence-electron chi connectivity index (χ1n) is 6.31. The molecule has 8 nitrogen and oxygen atoms in total. The summed E-state index contributed by atoms with van der Waals surface area (Å²) >= 11 is 0. The van der Waals surface area contributed by atoms with Crippen LogP contribution in [0.1, 0.15) is 10.5 Å². The summed E-state index contributed by atoms with van der Waals surface area (Å²) in [5.41, 5.74) is 6.15. The number of hydrogen-bond donors (Lipinski definition) is 2. The topological polar surface area (TPSA) is 104 Å². The van der Waals surface area contributed by atoms with Crippen LogP contribution in [-0.2, 0) is 6.54 Å². The number of hydrogen-bond acceptors (Lipinski definition) is 6. The van der Waals surface area contributed by atoms with E-state index in [4.69, 9.17) is 15.2 Å². The highest BCUT2D eigenvalue weighted by Gasteiger charge is 2.14. The first-order valence-corrected chi connectivity index (χ1v) is 6.31. The van der Waals surface area contributed by atoms with Crippen molar-refractivity contribution in [3.8, 4) is 11.5 Å². The van der Waals surface area contributed by atoms with Gasteiger partial charge >= 0.3 is 0 Å². The molecule has 0 radical (unpaired) electrons. The Bertz CT molecular complexity index is 626. The van der Waals surface area contributed by atoms with Crippen molar-refractivity contribution in [2.75, 3.05) is 26.1 Å². The summed E-state index contributed by atoms with van der Waals surface area (Å²) in [5, 5.41) is 10.3. The van der Waals surface area contributed by atoms with Gasteiger partial charge < -0.3 is 20.5 Å². The average molecular weight is 291 g/mol. The van der Waals surface area contributed by atoms with E-state index in [-0.39, 0.29) is 11.6 Å². The van der Waals surface area contributed by atoms with Gasteiger partial charge in [0.15, 0.2) is 5.69 Å². The summed E-state index contributed by atoms with van der Waals surface area (Å²) in [4.78, 5) is 12.1. The maximum atomic E-state index is 12.1. The van der Waals surface area contributed by atoms with Crippen LogP contribution in [0.2, 0.25) is 0 Å². The third-order valence-electron chi connectivity index (χ3n) is 2.79. The van der Waals surface area contributed by atoms with Gasteiger partial charge in [-0.1, -0.05) is 5.21 Å². The number of benzene rings is 1. The van der Waals surface area contributed by atoms with Crippen LogP contribution < -0.4 is 20.5 Å². The number of aromatic nitrogens is 3. The number of nitrogens with zero attached hydrogens (tertiary/aromatic N) is 3. The second-order valence-electron chi connectivity index (χ2n) is 4.18. The molecule has 8 heteroatoms. The SMILES string of the molecule is COc1ccc(NC(=O)c2cn(CCN)nn2)c(OC)c1.